The molecule has 4 heteroatoms. The minimum absolute atomic E-state index is 0. The van der Waals surface area contributed by atoms with Gasteiger partial charge >= 0.3 is 6.09 Å². The van der Waals surface area contributed by atoms with E-state index in [1.807, 2.05) is 0 Å². The lowest BCUT2D eigenvalue weighted by atomic mass is 9.82. The van der Waals surface area contributed by atoms with Gasteiger partial charge in [-0.15, -0.1) is 0 Å². The Morgan fingerprint density at radius 3 is 1.95 bits per heavy atom. The van der Waals surface area contributed by atoms with Crippen molar-refractivity contribution in [2.24, 2.45) is 17.6 Å². The lowest BCUT2D eigenvalue weighted by Crippen LogP contribution is -2.15. The Labute approximate surface area is 139 Å². The van der Waals surface area contributed by atoms with E-state index in [0.29, 0.717) is 6.61 Å². The third kappa shape index (κ3) is 19.2. The van der Waals surface area contributed by atoms with E-state index in [2.05, 4.69) is 42.9 Å². The van der Waals surface area contributed by atoms with Crippen molar-refractivity contribution in [2.45, 2.75) is 79.1 Å². The molecule has 1 amide bonds. The Kier molecular flexibility index (Phi) is 19.5. The van der Waals surface area contributed by atoms with Crippen molar-refractivity contribution < 1.29 is 15.7 Å². The van der Waals surface area contributed by atoms with E-state index in [0.717, 1.165) is 11.8 Å². The van der Waals surface area contributed by atoms with E-state index < -0.39 is 6.09 Å². The molecule has 1 fully saturated rings. The fourth-order valence-electron chi connectivity index (χ4n) is 2.32. The van der Waals surface area contributed by atoms with Crippen molar-refractivity contribution in [3.8, 4) is 0 Å². The summed E-state index contributed by atoms with van der Waals surface area (Å²) in [6.45, 7) is 9.74. The Bertz CT molecular complexity index is 230. The van der Waals surface area contributed by atoms with Crippen LogP contribution in [0.5, 0.6) is 0 Å². The smallest absolute Gasteiger partial charge is 0.404 e. The van der Waals surface area contributed by atoms with Gasteiger partial charge in [0.05, 0.1) is 6.61 Å². The second kappa shape index (κ2) is 18.3. The Morgan fingerprint density at radius 1 is 1.09 bits per heavy atom. The van der Waals surface area contributed by atoms with Crippen molar-refractivity contribution in [1.29, 1.82) is 0 Å². The van der Waals surface area contributed by atoms with Gasteiger partial charge in [-0.1, -0.05) is 79.1 Å². The zero-order valence-corrected chi connectivity index (χ0v) is 15.5. The van der Waals surface area contributed by atoms with Crippen molar-refractivity contribution in [3.05, 3.63) is 0 Å². The molecule has 22 heavy (non-hydrogen) atoms. The van der Waals surface area contributed by atoms with Crippen LogP contribution >= 0.6 is 0 Å². The monoisotopic (exact) mass is 319 g/mol. The minimum Gasteiger partial charge on any atom is -0.447 e. The van der Waals surface area contributed by atoms with Gasteiger partial charge < -0.3 is 15.2 Å². The highest BCUT2D eigenvalue weighted by molar-refractivity contribution is 5.64. The molecule has 0 bridgehead atoms. The van der Waals surface area contributed by atoms with E-state index in [1.165, 1.54) is 58.5 Å². The maximum Gasteiger partial charge on any atom is 0.404 e. The predicted octanol–water partition coefficient (Wildman–Crippen LogP) is 5.39. The molecule has 0 saturated heterocycles. The predicted molar refractivity (Wildman–Crippen MR) is 96.1 cm³/mol. The third-order valence-electron chi connectivity index (χ3n) is 3.95. The van der Waals surface area contributed by atoms with E-state index >= 15 is 0 Å². The molecule has 0 aromatic heterocycles. The molecule has 4 nitrogen and oxygen atoms in total. The van der Waals surface area contributed by atoms with Crippen molar-refractivity contribution in [3.63, 3.8) is 0 Å². The third-order valence-corrected chi connectivity index (χ3v) is 3.95. The van der Waals surface area contributed by atoms with Gasteiger partial charge in [-0.25, -0.2) is 4.79 Å². The fourth-order valence-corrected chi connectivity index (χ4v) is 2.32. The molecule has 0 aliphatic heterocycles. The number of primary amides is 1. The molecule has 0 atom stereocenters. The Balaban J connectivity index is -0.000000266. The summed E-state index contributed by atoms with van der Waals surface area (Å²) in [5.74, 6) is 2.09. The number of ether oxygens (including phenoxy) is 2. The molecule has 136 valence electrons. The number of methoxy groups -OCH3 is 1. The summed E-state index contributed by atoms with van der Waals surface area (Å²) >= 11 is 0. The zero-order valence-electron chi connectivity index (χ0n) is 15.5. The number of hydrogen-bond acceptors (Lipinski definition) is 3. The molecule has 0 aromatic rings. The van der Waals surface area contributed by atoms with Gasteiger partial charge in [0.2, 0.25) is 0 Å². The van der Waals surface area contributed by atoms with Crippen molar-refractivity contribution >= 4 is 6.09 Å². The maximum absolute atomic E-state index is 9.82. The SMILES string of the molecule is CCC1CCC(C)CC1.CCCCC.COCCOC(N)=O.[HH]. The van der Waals surface area contributed by atoms with Crippen LogP contribution in [0.2, 0.25) is 0 Å². The first-order valence-corrected chi connectivity index (χ1v) is 8.92. The first kappa shape index (κ1) is 23.5. The minimum atomic E-state index is -0.762. The summed E-state index contributed by atoms with van der Waals surface area (Å²) in [5.41, 5.74) is 4.62. The van der Waals surface area contributed by atoms with Gasteiger partial charge in [0.25, 0.3) is 0 Å². The number of carbonyl (C=O) groups is 1. The summed E-state index contributed by atoms with van der Waals surface area (Å²) < 4.78 is 8.86. The zero-order chi connectivity index (χ0) is 17.2. The Morgan fingerprint density at radius 2 is 1.64 bits per heavy atom. The molecule has 1 rings (SSSR count). The molecule has 1 saturated carbocycles. The number of unbranched alkanes of at least 4 members (excludes halogenated alkanes) is 2. The quantitative estimate of drug-likeness (QED) is 0.667. The summed E-state index contributed by atoms with van der Waals surface area (Å²) in [7, 11) is 1.52. The van der Waals surface area contributed by atoms with Gasteiger partial charge in [0, 0.05) is 8.54 Å². The number of amides is 1. The van der Waals surface area contributed by atoms with E-state index in [1.54, 1.807) is 0 Å². The molecule has 1 aliphatic rings. The van der Waals surface area contributed by atoms with Gasteiger partial charge in [-0.3, -0.25) is 0 Å². The Hall–Kier alpha value is -0.770. The van der Waals surface area contributed by atoms with Gasteiger partial charge in [0.1, 0.15) is 6.61 Å². The number of carbonyl (C=O) groups excluding carboxylic acids is 1. The second-order valence-corrected chi connectivity index (χ2v) is 6.05. The molecule has 0 unspecified atom stereocenters. The second-order valence-electron chi connectivity index (χ2n) is 6.05. The largest absolute Gasteiger partial charge is 0.447 e. The van der Waals surface area contributed by atoms with Crippen LogP contribution in [0.25, 0.3) is 0 Å². The lowest BCUT2D eigenvalue weighted by molar-refractivity contribution is 0.105. The van der Waals surface area contributed by atoms with Crippen molar-refractivity contribution in [2.75, 3.05) is 20.3 Å². The van der Waals surface area contributed by atoms with Gasteiger partial charge in [0.15, 0.2) is 0 Å². The van der Waals surface area contributed by atoms with E-state index in [9.17, 15) is 4.79 Å². The number of hydrogen-bond donors (Lipinski definition) is 1. The molecule has 0 radical (unpaired) electrons. The highest BCUT2D eigenvalue weighted by Gasteiger charge is 2.15. The first-order valence-electron chi connectivity index (χ1n) is 8.92. The highest BCUT2D eigenvalue weighted by atomic mass is 16.6. The molecule has 0 spiro atoms. The summed E-state index contributed by atoms with van der Waals surface area (Å²) in [4.78, 5) is 9.82. The fraction of sp³-hybridized carbons (Fsp3) is 0.944. The number of rotatable bonds is 6. The van der Waals surface area contributed by atoms with Crippen LogP contribution in [-0.2, 0) is 9.47 Å². The summed E-state index contributed by atoms with van der Waals surface area (Å²) in [6, 6.07) is 0. The van der Waals surface area contributed by atoms with Crippen LogP contribution in [0.3, 0.4) is 0 Å². The van der Waals surface area contributed by atoms with Crippen LogP contribution in [0, 0.1) is 11.8 Å². The topological polar surface area (TPSA) is 61.6 Å². The number of nitrogens with two attached hydrogens (primary N) is 1. The average molecular weight is 320 g/mol. The highest BCUT2D eigenvalue weighted by Crippen LogP contribution is 2.29. The molecule has 2 N–H and O–H groups in total. The van der Waals surface area contributed by atoms with E-state index in [-0.39, 0.29) is 8.03 Å². The lowest BCUT2D eigenvalue weighted by Gasteiger charge is -2.24. The molecule has 1 aliphatic carbocycles. The maximum atomic E-state index is 9.82. The summed E-state index contributed by atoms with van der Waals surface area (Å²) in [5, 5.41) is 0. The molecular formula is C18H41NO3. The van der Waals surface area contributed by atoms with Gasteiger partial charge in [-0.2, -0.15) is 0 Å². The van der Waals surface area contributed by atoms with Crippen LogP contribution in [0.15, 0.2) is 0 Å². The van der Waals surface area contributed by atoms with Crippen LogP contribution in [0.1, 0.15) is 80.5 Å². The van der Waals surface area contributed by atoms with Crippen LogP contribution in [-0.4, -0.2) is 26.4 Å². The molecular weight excluding hydrogens is 278 g/mol. The van der Waals surface area contributed by atoms with E-state index in [4.69, 9.17) is 0 Å². The summed E-state index contributed by atoms with van der Waals surface area (Å²) in [6.07, 6.45) is 10.7. The van der Waals surface area contributed by atoms with Gasteiger partial charge in [-0.05, 0) is 11.8 Å². The average Bonchev–Trinajstić information content (AvgIpc) is 2.50. The molecule has 0 heterocycles. The normalized spacial score (nSPS) is 20.0. The first-order chi connectivity index (χ1) is 10.5. The standard InChI is InChI=1S/C9H18.C5H12.C4H9NO3.H2/c1-3-9-6-4-8(2)5-7-9;1-3-5-4-2;1-7-2-3-8-4(5)6;/h8-9H,3-7H2,1-2H3;3-5H2,1-2H3;2-3H2,1H3,(H2,5,6);1H. The molecule has 0 aromatic carbocycles. The van der Waals surface area contributed by atoms with Crippen LogP contribution < -0.4 is 5.73 Å². The van der Waals surface area contributed by atoms with Crippen LogP contribution in [0.4, 0.5) is 4.79 Å². The van der Waals surface area contributed by atoms with Crippen molar-refractivity contribution in [1.82, 2.24) is 0 Å².